The van der Waals surface area contributed by atoms with E-state index in [9.17, 15) is 8.78 Å². The molecule has 1 unspecified atom stereocenters. The van der Waals surface area contributed by atoms with Crippen molar-refractivity contribution >= 4 is 0 Å². The molecule has 0 aliphatic carbocycles. The van der Waals surface area contributed by atoms with Gasteiger partial charge in [-0.3, -0.25) is 4.90 Å². The van der Waals surface area contributed by atoms with E-state index in [1.54, 1.807) is 6.33 Å². The van der Waals surface area contributed by atoms with Gasteiger partial charge in [0.25, 0.3) is 0 Å². The van der Waals surface area contributed by atoms with Crippen LogP contribution < -0.4 is 0 Å². The summed E-state index contributed by atoms with van der Waals surface area (Å²) in [5.74, 6) is -0.924. The molecule has 1 atom stereocenters. The fourth-order valence-corrected chi connectivity index (χ4v) is 3.42. The third-order valence-electron chi connectivity index (χ3n) is 4.43. The molecule has 1 aliphatic rings. The van der Waals surface area contributed by atoms with Crippen LogP contribution in [0.15, 0.2) is 54.9 Å². The summed E-state index contributed by atoms with van der Waals surface area (Å²) in [5.41, 5.74) is 3.96. The smallest absolute Gasteiger partial charge is 0.126 e. The van der Waals surface area contributed by atoms with Crippen LogP contribution in [0.3, 0.4) is 0 Å². The van der Waals surface area contributed by atoms with E-state index in [-0.39, 0.29) is 5.92 Å². The maximum absolute atomic E-state index is 13.4. The molecule has 0 fully saturated rings. The van der Waals surface area contributed by atoms with Crippen molar-refractivity contribution in [1.82, 2.24) is 14.9 Å². The van der Waals surface area contributed by atoms with Gasteiger partial charge in [-0.1, -0.05) is 30.3 Å². The molecule has 3 nitrogen and oxygen atoms in total. The van der Waals surface area contributed by atoms with Crippen molar-refractivity contribution in [1.29, 1.82) is 0 Å². The number of nitrogens with zero attached hydrogens (tertiary/aromatic N) is 2. The van der Waals surface area contributed by atoms with Crippen LogP contribution in [0, 0.1) is 11.6 Å². The summed E-state index contributed by atoms with van der Waals surface area (Å²) in [7, 11) is 0. The lowest BCUT2D eigenvalue weighted by Gasteiger charge is -2.32. The van der Waals surface area contributed by atoms with Gasteiger partial charge < -0.3 is 4.98 Å². The van der Waals surface area contributed by atoms with Gasteiger partial charge in [-0.2, -0.15) is 0 Å². The first kappa shape index (κ1) is 15.0. The number of imidazole rings is 1. The van der Waals surface area contributed by atoms with Gasteiger partial charge >= 0.3 is 0 Å². The van der Waals surface area contributed by atoms with Gasteiger partial charge in [-0.05, 0) is 23.3 Å². The molecule has 3 aromatic rings. The second kappa shape index (κ2) is 6.17. The van der Waals surface area contributed by atoms with E-state index in [0.29, 0.717) is 18.7 Å². The quantitative estimate of drug-likeness (QED) is 0.793. The number of H-pyrrole nitrogens is 1. The van der Waals surface area contributed by atoms with Crippen LogP contribution in [0.4, 0.5) is 8.78 Å². The molecular formula is C19H17F2N3. The number of aromatic nitrogens is 2. The van der Waals surface area contributed by atoms with Crippen LogP contribution in [0.1, 0.15) is 28.4 Å². The zero-order valence-corrected chi connectivity index (χ0v) is 13.0. The number of hydrogen-bond donors (Lipinski definition) is 1. The predicted molar refractivity (Wildman–Crippen MR) is 87.3 cm³/mol. The number of fused-ring (bicyclic) bond motifs is 1. The highest BCUT2D eigenvalue weighted by molar-refractivity contribution is 5.33. The summed E-state index contributed by atoms with van der Waals surface area (Å²) in [5, 5.41) is 0. The van der Waals surface area contributed by atoms with Crippen LogP contribution in [0.5, 0.6) is 0 Å². The van der Waals surface area contributed by atoms with Crippen LogP contribution in [0.2, 0.25) is 0 Å². The van der Waals surface area contributed by atoms with Gasteiger partial charge in [0, 0.05) is 31.6 Å². The molecule has 1 aromatic heterocycles. The number of rotatable bonds is 3. The Bertz CT molecular complexity index is 825. The average Bonchev–Trinajstić information content (AvgIpc) is 3.02. The largest absolute Gasteiger partial charge is 0.347 e. The summed E-state index contributed by atoms with van der Waals surface area (Å²) in [6.07, 6.45) is 1.71. The summed E-state index contributed by atoms with van der Waals surface area (Å²) >= 11 is 0. The topological polar surface area (TPSA) is 31.9 Å². The monoisotopic (exact) mass is 325 g/mol. The number of halogens is 2. The minimum absolute atomic E-state index is 0.152. The first-order valence-electron chi connectivity index (χ1n) is 7.93. The Morgan fingerprint density at radius 1 is 1.08 bits per heavy atom. The van der Waals surface area contributed by atoms with E-state index in [1.807, 2.05) is 18.2 Å². The predicted octanol–water partition coefficient (Wildman–Crippen LogP) is 3.84. The van der Waals surface area contributed by atoms with Crippen molar-refractivity contribution in [2.24, 2.45) is 0 Å². The Balaban J connectivity index is 1.62. The molecule has 1 N–H and O–H groups in total. The fourth-order valence-electron chi connectivity index (χ4n) is 3.42. The Hall–Kier alpha value is -2.53. The molecule has 0 spiro atoms. The highest BCUT2D eigenvalue weighted by Crippen LogP contribution is 2.32. The minimum Gasteiger partial charge on any atom is -0.347 e. The number of benzene rings is 2. The first-order chi connectivity index (χ1) is 11.7. The maximum Gasteiger partial charge on any atom is 0.126 e. The second-order valence-electron chi connectivity index (χ2n) is 6.18. The maximum atomic E-state index is 13.4. The van der Waals surface area contributed by atoms with Crippen molar-refractivity contribution in [2.75, 3.05) is 6.54 Å². The van der Waals surface area contributed by atoms with Crippen molar-refractivity contribution in [3.05, 3.63) is 89.0 Å². The molecule has 1 aliphatic heterocycles. The SMILES string of the molecule is Fc1cc(F)cc(CN2Cc3[nH]cnc3C(c3ccccc3)C2)c1. The first-order valence-corrected chi connectivity index (χ1v) is 7.93. The van der Waals surface area contributed by atoms with Gasteiger partial charge in [0.1, 0.15) is 11.6 Å². The van der Waals surface area contributed by atoms with E-state index in [2.05, 4.69) is 27.0 Å². The lowest BCUT2D eigenvalue weighted by Crippen LogP contribution is -2.33. The Kier molecular flexibility index (Phi) is 3.86. The number of aromatic amines is 1. The van der Waals surface area contributed by atoms with Crippen LogP contribution >= 0.6 is 0 Å². The summed E-state index contributed by atoms with van der Waals surface area (Å²) < 4.78 is 26.9. The Morgan fingerprint density at radius 2 is 1.83 bits per heavy atom. The van der Waals surface area contributed by atoms with E-state index < -0.39 is 11.6 Å². The molecule has 0 bridgehead atoms. The second-order valence-corrected chi connectivity index (χ2v) is 6.18. The van der Waals surface area contributed by atoms with E-state index in [1.165, 1.54) is 17.7 Å². The van der Waals surface area contributed by atoms with Crippen LogP contribution in [0.25, 0.3) is 0 Å². The average molecular weight is 325 g/mol. The highest BCUT2D eigenvalue weighted by Gasteiger charge is 2.28. The highest BCUT2D eigenvalue weighted by atomic mass is 19.1. The van der Waals surface area contributed by atoms with Gasteiger partial charge in [-0.15, -0.1) is 0 Å². The summed E-state index contributed by atoms with van der Waals surface area (Å²) in [4.78, 5) is 9.86. The molecule has 5 heteroatoms. The molecule has 2 aromatic carbocycles. The number of nitrogens with one attached hydrogen (secondary N) is 1. The molecule has 0 saturated heterocycles. The van der Waals surface area contributed by atoms with Crippen molar-refractivity contribution in [2.45, 2.75) is 19.0 Å². The molecule has 0 amide bonds. The third kappa shape index (κ3) is 2.95. The molecule has 0 radical (unpaired) electrons. The van der Waals surface area contributed by atoms with E-state index in [4.69, 9.17) is 0 Å². The molecule has 4 rings (SSSR count). The molecular weight excluding hydrogens is 308 g/mol. The molecule has 24 heavy (non-hydrogen) atoms. The molecule has 2 heterocycles. The summed E-state index contributed by atoms with van der Waals surface area (Å²) in [6, 6.07) is 13.9. The van der Waals surface area contributed by atoms with Crippen LogP contribution in [-0.4, -0.2) is 21.4 Å². The van der Waals surface area contributed by atoms with Gasteiger partial charge in [-0.25, -0.2) is 13.8 Å². The fraction of sp³-hybridized carbons (Fsp3) is 0.211. The molecule has 0 saturated carbocycles. The molecule has 122 valence electrons. The number of hydrogen-bond acceptors (Lipinski definition) is 2. The van der Waals surface area contributed by atoms with Gasteiger partial charge in [0.2, 0.25) is 0 Å². The van der Waals surface area contributed by atoms with E-state index in [0.717, 1.165) is 24.0 Å². The Morgan fingerprint density at radius 3 is 2.58 bits per heavy atom. The van der Waals surface area contributed by atoms with Gasteiger partial charge in [0.15, 0.2) is 0 Å². The van der Waals surface area contributed by atoms with Gasteiger partial charge in [0.05, 0.1) is 17.7 Å². The lowest BCUT2D eigenvalue weighted by molar-refractivity contribution is 0.227. The zero-order chi connectivity index (χ0) is 16.5. The van der Waals surface area contributed by atoms with Crippen molar-refractivity contribution < 1.29 is 8.78 Å². The van der Waals surface area contributed by atoms with Crippen molar-refractivity contribution in [3.63, 3.8) is 0 Å². The lowest BCUT2D eigenvalue weighted by atomic mass is 9.91. The van der Waals surface area contributed by atoms with E-state index >= 15 is 0 Å². The minimum atomic E-state index is -0.538. The Labute approximate surface area is 139 Å². The van der Waals surface area contributed by atoms with Crippen LogP contribution in [-0.2, 0) is 13.1 Å². The van der Waals surface area contributed by atoms with Crippen molar-refractivity contribution in [3.8, 4) is 0 Å². The normalized spacial score (nSPS) is 17.7. The third-order valence-corrected chi connectivity index (χ3v) is 4.43. The zero-order valence-electron chi connectivity index (χ0n) is 13.0. The standard InChI is InChI=1S/C19H17F2N3/c20-15-6-13(7-16(21)8-15)9-24-10-17(14-4-2-1-3-5-14)19-18(11-24)22-12-23-19/h1-8,12,17H,9-11H2,(H,22,23). The summed E-state index contributed by atoms with van der Waals surface area (Å²) in [6.45, 7) is 1.95.